The molecule has 2 atom stereocenters. The normalized spacial score (nSPS) is 24.2. The molecule has 1 heterocycles. The first-order valence-electron chi connectivity index (χ1n) is 6.87. The van der Waals surface area contributed by atoms with Gasteiger partial charge in [0.1, 0.15) is 0 Å². The van der Waals surface area contributed by atoms with Gasteiger partial charge >= 0.3 is 6.18 Å². The van der Waals surface area contributed by atoms with Crippen LogP contribution in [0.15, 0.2) is 0 Å². The van der Waals surface area contributed by atoms with E-state index < -0.39 is 12.6 Å². The van der Waals surface area contributed by atoms with Crippen LogP contribution >= 0.6 is 0 Å². The van der Waals surface area contributed by atoms with Gasteiger partial charge in [-0.2, -0.15) is 13.2 Å². The second-order valence-electron chi connectivity index (χ2n) is 5.48. The van der Waals surface area contributed by atoms with Gasteiger partial charge in [0.05, 0.1) is 0 Å². The van der Waals surface area contributed by atoms with Crippen molar-refractivity contribution in [1.82, 2.24) is 10.2 Å². The number of hydrogen-bond donors (Lipinski definition) is 1. The molecule has 2 nitrogen and oxygen atoms in total. The molecule has 0 aromatic heterocycles. The molecule has 2 unspecified atom stereocenters. The Morgan fingerprint density at radius 2 is 2.06 bits per heavy atom. The number of nitrogens with one attached hydrogen (secondary N) is 1. The molecule has 0 bridgehead atoms. The maximum atomic E-state index is 11.9. The molecule has 0 amide bonds. The largest absolute Gasteiger partial charge is 0.389 e. The van der Waals surface area contributed by atoms with Crippen molar-refractivity contribution < 1.29 is 13.2 Å². The van der Waals surface area contributed by atoms with Crippen LogP contribution in [-0.2, 0) is 0 Å². The molecule has 0 aliphatic carbocycles. The Hall–Kier alpha value is -0.290. The summed E-state index contributed by atoms with van der Waals surface area (Å²) in [6, 6.07) is 0.402. The Balaban J connectivity index is 2.07. The minimum absolute atomic E-state index is 0.230. The van der Waals surface area contributed by atoms with Crippen LogP contribution < -0.4 is 5.32 Å². The zero-order valence-electron chi connectivity index (χ0n) is 11.4. The van der Waals surface area contributed by atoms with Crippen molar-refractivity contribution in [3.8, 4) is 0 Å². The molecular formula is C13H25F3N2. The van der Waals surface area contributed by atoms with E-state index in [-0.39, 0.29) is 6.42 Å². The zero-order valence-corrected chi connectivity index (χ0v) is 11.4. The van der Waals surface area contributed by atoms with Crippen molar-refractivity contribution in [3.63, 3.8) is 0 Å². The number of hydrogen-bond acceptors (Lipinski definition) is 2. The number of piperidine rings is 1. The molecule has 1 fully saturated rings. The van der Waals surface area contributed by atoms with Crippen LogP contribution in [0.4, 0.5) is 13.2 Å². The van der Waals surface area contributed by atoms with Gasteiger partial charge in [-0.1, -0.05) is 0 Å². The van der Waals surface area contributed by atoms with E-state index in [9.17, 15) is 13.2 Å². The summed E-state index contributed by atoms with van der Waals surface area (Å²) in [7, 11) is 2.13. The molecule has 18 heavy (non-hydrogen) atoms. The van der Waals surface area contributed by atoms with E-state index in [2.05, 4.69) is 24.2 Å². The minimum atomic E-state index is -4.00. The van der Waals surface area contributed by atoms with Gasteiger partial charge in [0.2, 0.25) is 0 Å². The summed E-state index contributed by atoms with van der Waals surface area (Å²) in [6.07, 6.45) is -1.38. The molecule has 1 saturated heterocycles. The Morgan fingerprint density at radius 3 is 2.67 bits per heavy atom. The summed E-state index contributed by atoms with van der Waals surface area (Å²) in [5.74, 6) is 0.631. The van der Waals surface area contributed by atoms with E-state index in [1.165, 1.54) is 12.8 Å². The molecule has 0 aromatic rings. The zero-order chi connectivity index (χ0) is 13.6. The molecule has 1 aliphatic rings. The van der Waals surface area contributed by atoms with Crippen molar-refractivity contribution in [2.45, 2.75) is 51.2 Å². The van der Waals surface area contributed by atoms with Crippen molar-refractivity contribution in [3.05, 3.63) is 0 Å². The quantitative estimate of drug-likeness (QED) is 0.743. The van der Waals surface area contributed by atoms with Crippen LogP contribution in [0.3, 0.4) is 0 Å². The molecule has 5 heteroatoms. The average Bonchev–Trinajstić information content (AvgIpc) is 2.26. The van der Waals surface area contributed by atoms with E-state index in [4.69, 9.17) is 0 Å². The van der Waals surface area contributed by atoms with Crippen molar-refractivity contribution in [1.29, 1.82) is 0 Å². The number of nitrogens with zero attached hydrogens (tertiary/aromatic N) is 1. The molecule has 1 N–H and O–H groups in total. The van der Waals surface area contributed by atoms with Gasteiger partial charge < -0.3 is 10.2 Å². The minimum Gasteiger partial charge on any atom is -0.314 e. The lowest BCUT2D eigenvalue weighted by atomic mass is 9.92. The standard InChI is InChI=1S/C13H25F3N2/c1-11(12-6-5-9-18(2)10-12)17-8-4-3-7-13(14,15)16/h11-12,17H,3-10H2,1-2H3. The van der Waals surface area contributed by atoms with E-state index in [1.54, 1.807) is 0 Å². The second kappa shape index (κ2) is 7.34. The van der Waals surface area contributed by atoms with E-state index in [0.29, 0.717) is 24.9 Å². The predicted molar refractivity (Wildman–Crippen MR) is 67.6 cm³/mol. The number of halogens is 3. The van der Waals surface area contributed by atoms with Gasteiger partial charge in [0, 0.05) is 19.0 Å². The average molecular weight is 266 g/mol. The van der Waals surface area contributed by atoms with Gasteiger partial charge in [-0.25, -0.2) is 0 Å². The third-order valence-corrected chi connectivity index (χ3v) is 3.72. The molecular weight excluding hydrogens is 241 g/mol. The van der Waals surface area contributed by atoms with Crippen LogP contribution in [0.2, 0.25) is 0 Å². The highest BCUT2D eigenvalue weighted by Crippen LogP contribution is 2.22. The molecule has 0 spiro atoms. The Labute approximate surface area is 108 Å². The summed E-state index contributed by atoms with van der Waals surface area (Å²) in [6.45, 7) is 5.09. The fourth-order valence-electron chi connectivity index (χ4n) is 2.56. The fourth-order valence-corrected chi connectivity index (χ4v) is 2.56. The van der Waals surface area contributed by atoms with Crippen molar-refractivity contribution in [2.75, 3.05) is 26.7 Å². The van der Waals surface area contributed by atoms with E-state index >= 15 is 0 Å². The lowest BCUT2D eigenvalue weighted by Gasteiger charge is -2.34. The van der Waals surface area contributed by atoms with Crippen LogP contribution in [0.1, 0.15) is 39.0 Å². The molecule has 0 aromatic carbocycles. The van der Waals surface area contributed by atoms with Crippen molar-refractivity contribution >= 4 is 0 Å². The van der Waals surface area contributed by atoms with Gasteiger partial charge in [-0.15, -0.1) is 0 Å². The van der Waals surface area contributed by atoms with Crippen LogP contribution in [0.5, 0.6) is 0 Å². The lowest BCUT2D eigenvalue weighted by molar-refractivity contribution is -0.135. The summed E-state index contributed by atoms with van der Waals surface area (Å²) in [4.78, 5) is 2.33. The lowest BCUT2D eigenvalue weighted by Crippen LogP contribution is -2.43. The summed E-state index contributed by atoms with van der Waals surface area (Å²) in [5.41, 5.74) is 0. The van der Waals surface area contributed by atoms with Crippen LogP contribution in [0, 0.1) is 5.92 Å². The highest BCUT2D eigenvalue weighted by molar-refractivity contribution is 4.78. The van der Waals surface area contributed by atoms with E-state index in [0.717, 1.165) is 13.1 Å². The molecule has 1 aliphatic heterocycles. The van der Waals surface area contributed by atoms with Crippen molar-refractivity contribution in [2.24, 2.45) is 5.92 Å². The first kappa shape index (κ1) is 15.8. The smallest absolute Gasteiger partial charge is 0.314 e. The maximum absolute atomic E-state index is 11.9. The first-order chi connectivity index (χ1) is 8.38. The number of unbranched alkanes of at least 4 members (excludes halogenated alkanes) is 1. The maximum Gasteiger partial charge on any atom is 0.389 e. The molecule has 0 radical (unpaired) electrons. The summed E-state index contributed by atoms with van der Waals surface area (Å²) < 4.78 is 35.8. The Bertz CT molecular complexity index is 231. The first-order valence-corrected chi connectivity index (χ1v) is 6.87. The summed E-state index contributed by atoms with van der Waals surface area (Å²) in [5, 5.41) is 3.37. The Kier molecular flexibility index (Phi) is 6.43. The van der Waals surface area contributed by atoms with Crippen LogP contribution in [0.25, 0.3) is 0 Å². The number of rotatable bonds is 6. The van der Waals surface area contributed by atoms with Crippen LogP contribution in [-0.4, -0.2) is 43.8 Å². The molecule has 0 saturated carbocycles. The number of likely N-dealkylation sites (tertiary alicyclic amines) is 1. The Morgan fingerprint density at radius 1 is 1.33 bits per heavy atom. The molecule has 108 valence electrons. The third kappa shape index (κ3) is 6.59. The molecule has 1 rings (SSSR count). The highest BCUT2D eigenvalue weighted by atomic mass is 19.4. The number of alkyl halides is 3. The van der Waals surface area contributed by atoms with Gasteiger partial charge in [-0.3, -0.25) is 0 Å². The van der Waals surface area contributed by atoms with Gasteiger partial charge in [-0.05, 0) is 58.7 Å². The monoisotopic (exact) mass is 266 g/mol. The van der Waals surface area contributed by atoms with Gasteiger partial charge in [0.25, 0.3) is 0 Å². The van der Waals surface area contributed by atoms with Gasteiger partial charge in [0.15, 0.2) is 0 Å². The highest BCUT2D eigenvalue weighted by Gasteiger charge is 2.26. The predicted octanol–water partition coefficient (Wildman–Crippen LogP) is 3.04. The fraction of sp³-hybridized carbons (Fsp3) is 1.00. The second-order valence-corrected chi connectivity index (χ2v) is 5.48. The summed E-state index contributed by atoms with van der Waals surface area (Å²) >= 11 is 0. The topological polar surface area (TPSA) is 15.3 Å². The van der Waals surface area contributed by atoms with E-state index in [1.807, 2.05) is 0 Å². The third-order valence-electron chi connectivity index (χ3n) is 3.72. The SMILES string of the molecule is CC(NCCCCC(F)(F)F)C1CCCN(C)C1.